The topological polar surface area (TPSA) is 106 Å². The van der Waals surface area contributed by atoms with E-state index in [0.29, 0.717) is 11.3 Å². The lowest BCUT2D eigenvalue weighted by Crippen LogP contribution is -2.47. The van der Waals surface area contributed by atoms with Crippen molar-refractivity contribution in [3.05, 3.63) is 39.9 Å². The summed E-state index contributed by atoms with van der Waals surface area (Å²) in [6, 6.07) is 2.64. The lowest BCUT2D eigenvalue weighted by atomic mass is 9.89. The van der Waals surface area contributed by atoms with Gasteiger partial charge in [-0.1, -0.05) is 0 Å². The second-order valence-corrected chi connectivity index (χ2v) is 6.08. The van der Waals surface area contributed by atoms with Crippen LogP contribution in [0.1, 0.15) is 25.2 Å². The molecule has 3 rings (SSSR count). The highest BCUT2D eigenvalue weighted by atomic mass is 16.6. The highest BCUT2D eigenvalue weighted by Crippen LogP contribution is 2.42. The molecule has 0 fully saturated rings. The van der Waals surface area contributed by atoms with Gasteiger partial charge >= 0.3 is 0 Å². The van der Waals surface area contributed by atoms with Crippen LogP contribution < -0.4 is 10.2 Å². The Labute approximate surface area is 136 Å². The molecule has 0 saturated carbocycles. The first kappa shape index (κ1) is 16.1. The molecule has 2 N–H and O–H groups in total. The quantitative estimate of drug-likeness (QED) is 0.647. The van der Waals surface area contributed by atoms with Crippen LogP contribution in [0.2, 0.25) is 0 Å². The van der Waals surface area contributed by atoms with Gasteiger partial charge in [-0.3, -0.25) is 4.79 Å². The second kappa shape index (κ2) is 5.70. The van der Waals surface area contributed by atoms with E-state index in [0.717, 1.165) is 12.3 Å². The van der Waals surface area contributed by atoms with Gasteiger partial charge < -0.3 is 24.1 Å². The van der Waals surface area contributed by atoms with Gasteiger partial charge in [0, 0.05) is 24.1 Å². The van der Waals surface area contributed by atoms with Gasteiger partial charge in [0.2, 0.25) is 0 Å². The number of fused-ring (bicyclic) bond motifs is 2. The molecule has 0 amide bonds. The van der Waals surface area contributed by atoms with Gasteiger partial charge in [0.1, 0.15) is 46.5 Å². The average Bonchev–Trinajstić information content (AvgIpc) is 2.52. The number of phenolic OH excluding ortho intramolecular Hbond substituents is 1. The van der Waals surface area contributed by atoms with Crippen LogP contribution in [0, 0.1) is 0 Å². The van der Waals surface area contributed by atoms with Gasteiger partial charge in [-0.25, -0.2) is 4.79 Å². The van der Waals surface area contributed by atoms with E-state index in [4.69, 9.17) is 19.0 Å². The number of rotatable bonds is 3. The summed E-state index contributed by atoms with van der Waals surface area (Å²) in [4.78, 5) is 22.6. The van der Waals surface area contributed by atoms with Crippen molar-refractivity contribution < 1.29 is 28.9 Å². The second-order valence-electron chi connectivity index (χ2n) is 6.08. The predicted octanol–water partition coefficient (Wildman–Crippen LogP) is 1.43. The zero-order valence-electron chi connectivity index (χ0n) is 13.2. The monoisotopic (exact) mass is 332 g/mol. The third-order valence-electron chi connectivity index (χ3n) is 4.08. The molecule has 1 aliphatic rings. The van der Waals surface area contributed by atoms with Gasteiger partial charge in [0.15, 0.2) is 17.6 Å². The summed E-state index contributed by atoms with van der Waals surface area (Å²) in [7, 11) is 0. The fourth-order valence-corrected chi connectivity index (χ4v) is 2.84. The van der Waals surface area contributed by atoms with Crippen molar-refractivity contribution >= 4 is 16.9 Å². The number of benzene rings is 1. The molecule has 0 spiro atoms. The number of hydrogen-bond donors (Lipinski definition) is 2. The molecule has 0 aliphatic carbocycles. The van der Waals surface area contributed by atoms with Crippen molar-refractivity contribution in [2.75, 3.05) is 0 Å². The van der Waals surface area contributed by atoms with Crippen LogP contribution in [0.15, 0.2) is 27.6 Å². The zero-order chi connectivity index (χ0) is 17.5. The van der Waals surface area contributed by atoms with E-state index in [2.05, 4.69) is 0 Å². The van der Waals surface area contributed by atoms with E-state index in [1.807, 2.05) is 0 Å². The van der Waals surface area contributed by atoms with Crippen molar-refractivity contribution in [2.24, 2.45) is 0 Å². The van der Waals surface area contributed by atoms with Crippen LogP contribution in [-0.2, 0) is 22.6 Å². The average molecular weight is 332 g/mol. The van der Waals surface area contributed by atoms with Gasteiger partial charge in [-0.2, -0.15) is 0 Å². The molecule has 2 heterocycles. The molecule has 7 heteroatoms. The van der Waals surface area contributed by atoms with E-state index >= 15 is 0 Å². The number of carbonyl (C=O) groups excluding carboxylic acids is 1. The predicted molar refractivity (Wildman–Crippen MR) is 83.6 cm³/mol. The number of aliphatic hydroxyl groups is 1. The van der Waals surface area contributed by atoms with Gasteiger partial charge in [0.05, 0.1) is 0 Å². The molecule has 0 saturated heterocycles. The number of hydrogen-bond acceptors (Lipinski definition) is 7. The van der Waals surface area contributed by atoms with Crippen LogP contribution in [0.25, 0.3) is 11.0 Å². The molecule has 126 valence electrons. The Morgan fingerprint density at radius 3 is 2.88 bits per heavy atom. The van der Waals surface area contributed by atoms with Gasteiger partial charge in [0.25, 0.3) is 0 Å². The summed E-state index contributed by atoms with van der Waals surface area (Å²) < 4.78 is 16.6. The third kappa shape index (κ3) is 2.54. The van der Waals surface area contributed by atoms with Crippen LogP contribution in [0.3, 0.4) is 0 Å². The van der Waals surface area contributed by atoms with E-state index in [1.165, 1.54) is 12.0 Å². The number of phenols is 1. The summed E-state index contributed by atoms with van der Waals surface area (Å²) >= 11 is 0. The molecule has 2 aromatic rings. The summed E-state index contributed by atoms with van der Waals surface area (Å²) in [5.41, 5.74) is -0.716. The van der Waals surface area contributed by atoms with E-state index in [1.54, 1.807) is 13.8 Å². The minimum absolute atomic E-state index is 0.0129. The van der Waals surface area contributed by atoms with Crippen LogP contribution in [0.5, 0.6) is 11.5 Å². The van der Waals surface area contributed by atoms with Crippen molar-refractivity contribution in [2.45, 2.75) is 38.6 Å². The van der Waals surface area contributed by atoms with Crippen molar-refractivity contribution in [3.63, 3.8) is 0 Å². The molecule has 0 bridgehead atoms. The largest absolute Gasteiger partial charge is 0.507 e. The summed E-state index contributed by atoms with van der Waals surface area (Å²) in [6.45, 7) is 3.13. The highest BCUT2D eigenvalue weighted by molar-refractivity contribution is 5.87. The minimum atomic E-state index is -0.782. The normalized spacial score (nSPS) is 18.4. The van der Waals surface area contributed by atoms with Crippen LogP contribution in [0.4, 0.5) is 0 Å². The Morgan fingerprint density at radius 2 is 2.21 bits per heavy atom. The van der Waals surface area contributed by atoms with Crippen LogP contribution >= 0.6 is 0 Å². The molecule has 0 radical (unpaired) electrons. The first-order valence-electron chi connectivity index (χ1n) is 7.33. The fourth-order valence-electron chi connectivity index (χ4n) is 2.84. The standard InChI is InChI=1S/C17H16O7/c1-17(2)14(22-4-3-18)6-10-12(24-17)7-13-15(16(10)21)11(20)5-9(8-19)23-13/h4-5,7,14,19,21H,6,8H2,1-2H3. The summed E-state index contributed by atoms with van der Waals surface area (Å²) in [6.07, 6.45) is 0.600. The Bertz CT molecular complexity index is 903. The molecule has 1 aromatic carbocycles. The van der Waals surface area contributed by atoms with Crippen molar-refractivity contribution in [1.29, 1.82) is 0 Å². The molecule has 1 aliphatic heterocycles. The maximum atomic E-state index is 12.2. The summed E-state index contributed by atoms with van der Waals surface area (Å²) in [5.74, 6) is 1.74. The van der Waals surface area contributed by atoms with Crippen molar-refractivity contribution in [1.82, 2.24) is 0 Å². The Morgan fingerprint density at radius 1 is 1.46 bits per heavy atom. The molecule has 1 aromatic heterocycles. The molecular formula is C17H16O7. The fraction of sp³-hybridized carbons (Fsp3) is 0.353. The number of aliphatic hydroxyl groups excluding tert-OH is 1. The molecule has 7 nitrogen and oxygen atoms in total. The molecule has 1 atom stereocenters. The number of aromatic hydroxyl groups is 1. The van der Waals surface area contributed by atoms with E-state index in [9.17, 15) is 14.7 Å². The van der Waals surface area contributed by atoms with Crippen molar-refractivity contribution in [3.8, 4) is 11.5 Å². The Kier molecular flexibility index (Phi) is 3.83. The maximum Gasteiger partial charge on any atom is 0.196 e. The number of ether oxygens (including phenoxy) is 2. The maximum absolute atomic E-state index is 12.2. The molecular weight excluding hydrogens is 316 g/mol. The van der Waals surface area contributed by atoms with E-state index in [-0.39, 0.29) is 28.9 Å². The minimum Gasteiger partial charge on any atom is -0.507 e. The zero-order valence-corrected chi connectivity index (χ0v) is 13.2. The Hall–Kier alpha value is -2.76. The first-order valence-corrected chi connectivity index (χ1v) is 7.33. The smallest absolute Gasteiger partial charge is 0.196 e. The first-order chi connectivity index (χ1) is 11.4. The van der Waals surface area contributed by atoms with Gasteiger partial charge in [-0.15, -0.1) is 0 Å². The lowest BCUT2D eigenvalue weighted by Gasteiger charge is -2.39. The van der Waals surface area contributed by atoms with Gasteiger partial charge in [-0.05, 0) is 13.8 Å². The lowest BCUT2D eigenvalue weighted by molar-refractivity contribution is -0.0480. The molecule has 1 unspecified atom stereocenters. The Balaban J connectivity index is 2.19. The third-order valence-corrected chi connectivity index (χ3v) is 4.08. The highest BCUT2D eigenvalue weighted by Gasteiger charge is 2.40. The van der Waals surface area contributed by atoms with Crippen LogP contribution in [-0.4, -0.2) is 27.9 Å². The SMILES string of the molecule is CC1(C)Oc2cc3oc(CO)cc(=O)c3c(O)c2CC1OC=C=O. The van der Waals surface area contributed by atoms with E-state index < -0.39 is 23.7 Å². The summed E-state index contributed by atoms with van der Waals surface area (Å²) in [5, 5.41) is 19.7. The molecule has 24 heavy (non-hydrogen) atoms.